The van der Waals surface area contributed by atoms with Crippen LogP contribution < -0.4 is 5.73 Å². The Morgan fingerprint density at radius 2 is 2.28 bits per heavy atom. The van der Waals surface area contributed by atoms with Crippen molar-refractivity contribution in [1.29, 1.82) is 0 Å². The zero-order valence-corrected chi connectivity index (χ0v) is 10.5. The maximum Gasteiger partial charge on any atom is 0.252 e. The fourth-order valence-corrected chi connectivity index (χ4v) is 1.83. The summed E-state index contributed by atoms with van der Waals surface area (Å²) in [6.45, 7) is 1.87. The van der Waals surface area contributed by atoms with Crippen LogP contribution in [0.25, 0.3) is 0 Å². The van der Waals surface area contributed by atoms with Gasteiger partial charge in [0, 0.05) is 13.7 Å². The van der Waals surface area contributed by atoms with Gasteiger partial charge in [-0.05, 0) is 12.8 Å². The molecule has 1 aromatic heterocycles. The Kier molecular flexibility index (Phi) is 5.06. The number of methoxy groups -OCH3 is 1. The molecule has 1 saturated heterocycles. The summed E-state index contributed by atoms with van der Waals surface area (Å²) in [6.07, 6.45) is 1.82. The Morgan fingerprint density at radius 1 is 1.39 bits per heavy atom. The highest BCUT2D eigenvalue weighted by molar-refractivity contribution is 4.94. The van der Waals surface area contributed by atoms with Crippen molar-refractivity contribution in [2.45, 2.75) is 31.7 Å². The van der Waals surface area contributed by atoms with E-state index in [0.717, 1.165) is 12.8 Å². The summed E-state index contributed by atoms with van der Waals surface area (Å²) in [5.74, 6) is 1.04. The normalized spacial score (nSPS) is 23.7. The highest BCUT2D eigenvalue weighted by Gasteiger charge is 2.29. The quantitative estimate of drug-likeness (QED) is 0.707. The van der Waals surface area contributed by atoms with E-state index in [0.29, 0.717) is 38.1 Å². The van der Waals surface area contributed by atoms with E-state index >= 15 is 0 Å². The molecule has 0 radical (unpaired) electrons. The van der Waals surface area contributed by atoms with Crippen molar-refractivity contribution in [2.24, 2.45) is 5.73 Å². The lowest BCUT2D eigenvalue weighted by Gasteiger charge is -2.07. The molecular formula is C11H19N3O4. The molecule has 1 aliphatic rings. The number of ether oxygens (including phenoxy) is 3. The lowest BCUT2D eigenvalue weighted by molar-refractivity contribution is 0.0434. The van der Waals surface area contributed by atoms with E-state index in [4.69, 9.17) is 24.5 Å². The second kappa shape index (κ2) is 6.79. The van der Waals surface area contributed by atoms with Gasteiger partial charge in [0.25, 0.3) is 5.89 Å². The summed E-state index contributed by atoms with van der Waals surface area (Å²) in [5, 5.41) is 3.90. The number of hydrogen-bond acceptors (Lipinski definition) is 7. The molecule has 1 aromatic rings. The molecule has 0 aromatic carbocycles. The third kappa shape index (κ3) is 3.49. The first-order valence-electron chi connectivity index (χ1n) is 6.08. The number of nitrogens with zero attached hydrogens (tertiary/aromatic N) is 2. The number of aromatic nitrogens is 2. The summed E-state index contributed by atoms with van der Waals surface area (Å²) in [4.78, 5) is 4.25. The van der Waals surface area contributed by atoms with Crippen molar-refractivity contribution < 1.29 is 18.7 Å². The fraction of sp³-hybridized carbons (Fsp3) is 0.818. The summed E-state index contributed by atoms with van der Waals surface area (Å²) in [5.41, 5.74) is 5.55. The molecule has 0 spiro atoms. The van der Waals surface area contributed by atoms with Crippen LogP contribution in [0.15, 0.2) is 4.52 Å². The highest BCUT2D eigenvalue weighted by atomic mass is 16.5. The maximum atomic E-state index is 5.68. The average Bonchev–Trinajstić information content (AvgIpc) is 3.03. The lowest BCUT2D eigenvalue weighted by Crippen LogP contribution is -2.19. The highest BCUT2D eigenvalue weighted by Crippen LogP contribution is 2.30. The van der Waals surface area contributed by atoms with Gasteiger partial charge in [-0.25, -0.2) is 0 Å². The minimum absolute atomic E-state index is 0.102. The molecule has 0 amide bonds. The van der Waals surface area contributed by atoms with Crippen molar-refractivity contribution in [1.82, 2.24) is 10.1 Å². The molecule has 0 bridgehead atoms. The van der Waals surface area contributed by atoms with Gasteiger partial charge in [-0.15, -0.1) is 0 Å². The van der Waals surface area contributed by atoms with Crippen molar-refractivity contribution in [3.05, 3.63) is 11.7 Å². The molecule has 0 saturated carbocycles. The molecule has 7 heteroatoms. The third-order valence-electron chi connectivity index (χ3n) is 2.80. The van der Waals surface area contributed by atoms with Crippen LogP contribution in [0, 0.1) is 0 Å². The zero-order valence-electron chi connectivity index (χ0n) is 10.5. The molecule has 2 heterocycles. The molecule has 2 unspecified atom stereocenters. The van der Waals surface area contributed by atoms with Crippen LogP contribution >= 0.6 is 0 Å². The van der Waals surface area contributed by atoms with Gasteiger partial charge in [0.2, 0.25) is 5.82 Å². The van der Waals surface area contributed by atoms with Gasteiger partial charge >= 0.3 is 0 Å². The van der Waals surface area contributed by atoms with E-state index in [9.17, 15) is 0 Å². The van der Waals surface area contributed by atoms with Gasteiger partial charge in [0.1, 0.15) is 12.7 Å². The molecule has 2 rings (SSSR count). The largest absolute Gasteiger partial charge is 0.382 e. The smallest absolute Gasteiger partial charge is 0.252 e. The minimum Gasteiger partial charge on any atom is -0.382 e. The van der Waals surface area contributed by atoms with E-state index in [2.05, 4.69) is 10.1 Å². The van der Waals surface area contributed by atoms with Gasteiger partial charge in [0.05, 0.1) is 19.3 Å². The SMILES string of the molecule is COCCOCc1nc(C2CCC(CN)O2)no1. The van der Waals surface area contributed by atoms with Crippen molar-refractivity contribution in [3.8, 4) is 0 Å². The summed E-state index contributed by atoms with van der Waals surface area (Å²) in [7, 11) is 1.62. The average molecular weight is 257 g/mol. The first kappa shape index (κ1) is 13.4. The van der Waals surface area contributed by atoms with Gasteiger partial charge in [-0.1, -0.05) is 5.16 Å². The monoisotopic (exact) mass is 257 g/mol. The Labute approximate surface area is 106 Å². The molecule has 2 N–H and O–H groups in total. The van der Waals surface area contributed by atoms with Crippen LogP contribution in [0.3, 0.4) is 0 Å². The maximum absolute atomic E-state index is 5.68. The number of nitrogens with two attached hydrogens (primary N) is 1. The topological polar surface area (TPSA) is 92.6 Å². The molecule has 0 aliphatic carbocycles. The van der Waals surface area contributed by atoms with Gasteiger partial charge in [-0.3, -0.25) is 0 Å². The van der Waals surface area contributed by atoms with Crippen molar-refractivity contribution >= 4 is 0 Å². The van der Waals surface area contributed by atoms with Crippen LogP contribution in [0.2, 0.25) is 0 Å². The lowest BCUT2D eigenvalue weighted by atomic mass is 10.2. The summed E-state index contributed by atoms with van der Waals surface area (Å²) >= 11 is 0. The summed E-state index contributed by atoms with van der Waals surface area (Å²) < 4.78 is 20.9. The van der Waals surface area contributed by atoms with Crippen LogP contribution in [-0.4, -0.2) is 43.1 Å². The van der Waals surface area contributed by atoms with Gasteiger partial charge < -0.3 is 24.5 Å². The molecule has 18 heavy (non-hydrogen) atoms. The van der Waals surface area contributed by atoms with Gasteiger partial charge in [-0.2, -0.15) is 4.98 Å². The second-order valence-electron chi connectivity index (χ2n) is 4.15. The second-order valence-corrected chi connectivity index (χ2v) is 4.15. The molecule has 2 atom stereocenters. The van der Waals surface area contributed by atoms with E-state index in [1.807, 2.05) is 0 Å². The number of hydrogen-bond donors (Lipinski definition) is 1. The first-order valence-corrected chi connectivity index (χ1v) is 6.08. The van der Waals surface area contributed by atoms with Crippen LogP contribution in [0.1, 0.15) is 30.7 Å². The fourth-order valence-electron chi connectivity index (χ4n) is 1.83. The number of rotatable bonds is 7. The molecule has 1 aliphatic heterocycles. The van der Waals surface area contributed by atoms with Gasteiger partial charge in [0.15, 0.2) is 0 Å². The minimum atomic E-state index is -0.102. The first-order chi connectivity index (χ1) is 8.83. The summed E-state index contributed by atoms with van der Waals surface area (Å²) in [6, 6.07) is 0. The van der Waals surface area contributed by atoms with Crippen LogP contribution in [-0.2, 0) is 20.8 Å². The molecule has 102 valence electrons. The predicted molar refractivity (Wildman–Crippen MR) is 61.7 cm³/mol. The Morgan fingerprint density at radius 3 is 3.00 bits per heavy atom. The zero-order chi connectivity index (χ0) is 12.8. The van der Waals surface area contributed by atoms with E-state index in [1.165, 1.54) is 0 Å². The van der Waals surface area contributed by atoms with E-state index < -0.39 is 0 Å². The Hall–Kier alpha value is -1.02. The molecule has 1 fully saturated rings. The van der Waals surface area contributed by atoms with Crippen molar-refractivity contribution in [3.63, 3.8) is 0 Å². The van der Waals surface area contributed by atoms with E-state index in [-0.39, 0.29) is 12.2 Å². The van der Waals surface area contributed by atoms with E-state index in [1.54, 1.807) is 7.11 Å². The Balaban J connectivity index is 1.79. The van der Waals surface area contributed by atoms with Crippen molar-refractivity contribution in [2.75, 3.05) is 26.9 Å². The predicted octanol–water partition coefficient (Wildman–Crippen LogP) is 0.411. The molecule has 7 nitrogen and oxygen atoms in total. The third-order valence-corrected chi connectivity index (χ3v) is 2.80. The standard InChI is InChI=1S/C11H19N3O4/c1-15-4-5-16-7-10-13-11(14-18-10)9-3-2-8(6-12)17-9/h8-9H,2-7,12H2,1H3. The van der Waals surface area contributed by atoms with Crippen LogP contribution in [0.4, 0.5) is 0 Å². The van der Waals surface area contributed by atoms with Crippen LogP contribution in [0.5, 0.6) is 0 Å². The Bertz CT molecular complexity index is 358. The molecular weight excluding hydrogens is 238 g/mol.